The van der Waals surface area contributed by atoms with Gasteiger partial charge in [0.1, 0.15) is 17.1 Å². The highest BCUT2D eigenvalue weighted by molar-refractivity contribution is 7.98. The number of ketones is 1. The number of thioether (sulfide) groups is 1. The molecule has 0 aliphatic rings. The zero-order chi connectivity index (χ0) is 14.5. The highest BCUT2D eigenvalue weighted by Crippen LogP contribution is 2.31. The fraction of sp³-hybridized carbons (Fsp3) is 0.188. The molecule has 4 heteroatoms. The van der Waals surface area contributed by atoms with Crippen molar-refractivity contribution >= 4 is 17.5 Å². The highest BCUT2D eigenvalue weighted by Gasteiger charge is 2.19. The third kappa shape index (κ3) is 2.80. The maximum Gasteiger partial charge on any atom is 0.200 e. The second kappa shape index (κ2) is 6.48. The second-order valence-electron chi connectivity index (χ2n) is 4.10. The molecule has 0 bridgehead atoms. The summed E-state index contributed by atoms with van der Waals surface area (Å²) in [5.41, 5.74) is 1.08. The lowest BCUT2D eigenvalue weighted by atomic mass is 10.0. The lowest BCUT2D eigenvalue weighted by molar-refractivity contribution is 0.103. The third-order valence-corrected chi connectivity index (χ3v) is 3.71. The first-order valence-electron chi connectivity index (χ1n) is 6.11. The van der Waals surface area contributed by atoms with Crippen LogP contribution in [0.5, 0.6) is 11.5 Å². The van der Waals surface area contributed by atoms with E-state index in [0.717, 1.165) is 4.90 Å². The number of carbonyl (C=O) groups is 1. The van der Waals surface area contributed by atoms with Crippen LogP contribution in [0.1, 0.15) is 15.9 Å². The molecule has 0 fully saturated rings. The number of methoxy groups -OCH3 is 2. The minimum Gasteiger partial charge on any atom is -0.496 e. The van der Waals surface area contributed by atoms with Gasteiger partial charge in [-0.3, -0.25) is 4.79 Å². The van der Waals surface area contributed by atoms with E-state index in [1.807, 2.05) is 24.5 Å². The molecule has 2 rings (SSSR count). The van der Waals surface area contributed by atoms with Crippen LogP contribution in [0.4, 0.5) is 0 Å². The highest BCUT2D eigenvalue weighted by atomic mass is 32.2. The summed E-state index contributed by atoms with van der Waals surface area (Å²) in [6.45, 7) is 0. The fourth-order valence-electron chi connectivity index (χ4n) is 1.98. The van der Waals surface area contributed by atoms with E-state index >= 15 is 0 Å². The Morgan fingerprint density at radius 2 is 1.60 bits per heavy atom. The Bertz CT molecular complexity index is 601. The molecule has 0 radical (unpaired) electrons. The van der Waals surface area contributed by atoms with Gasteiger partial charge in [0.25, 0.3) is 0 Å². The van der Waals surface area contributed by atoms with Crippen molar-refractivity contribution < 1.29 is 14.3 Å². The third-order valence-electron chi connectivity index (χ3n) is 2.99. The summed E-state index contributed by atoms with van der Waals surface area (Å²) < 4.78 is 10.6. The van der Waals surface area contributed by atoms with Gasteiger partial charge in [-0.25, -0.2) is 0 Å². The summed E-state index contributed by atoms with van der Waals surface area (Å²) in [6.07, 6.45) is 1.98. The van der Waals surface area contributed by atoms with Crippen molar-refractivity contribution in [3.8, 4) is 11.5 Å². The summed E-state index contributed by atoms with van der Waals surface area (Å²) in [4.78, 5) is 13.8. The Kier molecular flexibility index (Phi) is 4.69. The van der Waals surface area contributed by atoms with Crippen LogP contribution >= 0.6 is 11.8 Å². The quantitative estimate of drug-likeness (QED) is 0.621. The first-order chi connectivity index (χ1) is 9.71. The average Bonchev–Trinajstić information content (AvgIpc) is 2.53. The molecule has 0 atom stereocenters. The van der Waals surface area contributed by atoms with Crippen molar-refractivity contribution in [2.45, 2.75) is 4.90 Å². The molecule has 0 heterocycles. The lowest BCUT2D eigenvalue weighted by Crippen LogP contribution is -2.06. The van der Waals surface area contributed by atoms with E-state index < -0.39 is 0 Å². The van der Waals surface area contributed by atoms with Gasteiger partial charge in [0.05, 0.1) is 14.2 Å². The molecule has 20 heavy (non-hydrogen) atoms. The van der Waals surface area contributed by atoms with Crippen molar-refractivity contribution in [3.05, 3.63) is 53.6 Å². The molecule has 0 aliphatic heterocycles. The molecule has 0 amide bonds. The number of benzene rings is 2. The van der Waals surface area contributed by atoms with Gasteiger partial charge >= 0.3 is 0 Å². The van der Waals surface area contributed by atoms with Crippen molar-refractivity contribution in [2.75, 3.05) is 20.5 Å². The zero-order valence-electron chi connectivity index (χ0n) is 11.7. The molecule has 0 unspecified atom stereocenters. The lowest BCUT2D eigenvalue weighted by Gasteiger charge is -2.12. The molecular formula is C16H16O3S. The van der Waals surface area contributed by atoms with Crippen molar-refractivity contribution in [3.63, 3.8) is 0 Å². The molecule has 0 saturated carbocycles. The van der Waals surface area contributed by atoms with Crippen LogP contribution in [0.25, 0.3) is 0 Å². The molecule has 104 valence electrons. The molecule has 3 nitrogen and oxygen atoms in total. The van der Waals surface area contributed by atoms with Crippen molar-refractivity contribution in [1.82, 2.24) is 0 Å². The smallest absolute Gasteiger partial charge is 0.200 e. The van der Waals surface area contributed by atoms with Gasteiger partial charge in [0, 0.05) is 10.5 Å². The summed E-state index contributed by atoms with van der Waals surface area (Å²) in [6, 6.07) is 12.8. The van der Waals surface area contributed by atoms with Gasteiger partial charge in [0.15, 0.2) is 0 Å². The van der Waals surface area contributed by atoms with Crippen LogP contribution in [0.3, 0.4) is 0 Å². The molecular weight excluding hydrogens is 272 g/mol. The van der Waals surface area contributed by atoms with Crippen LogP contribution in [0.2, 0.25) is 0 Å². The molecule has 0 saturated heterocycles. The van der Waals surface area contributed by atoms with E-state index in [1.165, 1.54) is 0 Å². The van der Waals surface area contributed by atoms with Crippen molar-refractivity contribution in [2.24, 2.45) is 0 Å². The minimum absolute atomic E-state index is 0.102. The summed E-state index contributed by atoms with van der Waals surface area (Å²) >= 11 is 1.60. The summed E-state index contributed by atoms with van der Waals surface area (Å²) in [5, 5.41) is 0. The fourth-order valence-corrected chi connectivity index (χ4v) is 2.44. The van der Waals surface area contributed by atoms with E-state index in [2.05, 4.69) is 0 Å². The van der Waals surface area contributed by atoms with Crippen LogP contribution in [-0.2, 0) is 0 Å². The molecule has 0 N–H and O–H groups in total. The summed E-state index contributed by atoms with van der Waals surface area (Å²) in [7, 11) is 3.09. The number of ether oxygens (including phenoxy) is 2. The van der Waals surface area contributed by atoms with Gasteiger partial charge in [-0.15, -0.1) is 11.8 Å². The van der Waals surface area contributed by atoms with Crippen LogP contribution in [0, 0.1) is 0 Å². The van der Waals surface area contributed by atoms with Crippen LogP contribution in [-0.4, -0.2) is 26.3 Å². The van der Waals surface area contributed by atoms with Gasteiger partial charge < -0.3 is 9.47 Å². The van der Waals surface area contributed by atoms with E-state index in [1.54, 1.807) is 50.2 Å². The monoisotopic (exact) mass is 288 g/mol. The largest absolute Gasteiger partial charge is 0.496 e. The maximum absolute atomic E-state index is 12.7. The number of rotatable bonds is 5. The SMILES string of the molecule is COc1cccc(OC)c1C(=O)c1cccc(SC)c1. The Balaban J connectivity index is 2.52. The Morgan fingerprint density at radius 3 is 2.15 bits per heavy atom. The predicted octanol–water partition coefficient (Wildman–Crippen LogP) is 3.66. The Morgan fingerprint density at radius 1 is 1.00 bits per heavy atom. The Hall–Kier alpha value is -1.94. The Labute approximate surface area is 122 Å². The molecule has 2 aromatic carbocycles. The van der Waals surface area contributed by atoms with Crippen molar-refractivity contribution in [1.29, 1.82) is 0 Å². The molecule has 0 aliphatic carbocycles. The van der Waals surface area contributed by atoms with Crippen LogP contribution < -0.4 is 9.47 Å². The molecule has 2 aromatic rings. The number of hydrogen-bond donors (Lipinski definition) is 0. The second-order valence-corrected chi connectivity index (χ2v) is 4.98. The zero-order valence-corrected chi connectivity index (χ0v) is 12.5. The molecule has 0 spiro atoms. The maximum atomic E-state index is 12.7. The van der Waals surface area contributed by atoms with Gasteiger partial charge in [0.2, 0.25) is 5.78 Å². The minimum atomic E-state index is -0.102. The van der Waals surface area contributed by atoms with Crippen LogP contribution in [0.15, 0.2) is 47.4 Å². The van der Waals surface area contributed by atoms with E-state index in [4.69, 9.17) is 9.47 Å². The average molecular weight is 288 g/mol. The van der Waals surface area contributed by atoms with Gasteiger partial charge in [-0.05, 0) is 30.5 Å². The standard InChI is InChI=1S/C16H16O3S/c1-18-13-8-5-9-14(19-2)15(13)16(17)11-6-4-7-12(10-11)20-3/h4-10H,1-3H3. The normalized spacial score (nSPS) is 10.2. The number of hydrogen-bond acceptors (Lipinski definition) is 4. The first-order valence-corrected chi connectivity index (χ1v) is 7.33. The van der Waals surface area contributed by atoms with E-state index in [9.17, 15) is 4.79 Å². The van der Waals surface area contributed by atoms with Gasteiger partial charge in [-0.1, -0.05) is 18.2 Å². The summed E-state index contributed by atoms with van der Waals surface area (Å²) in [5.74, 6) is 0.933. The van der Waals surface area contributed by atoms with E-state index in [-0.39, 0.29) is 5.78 Å². The van der Waals surface area contributed by atoms with E-state index in [0.29, 0.717) is 22.6 Å². The first kappa shape index (κ1) is 14.5. The van der Waals surface area contributed by atoms with Gasteiger partial charge in [-0.2, -0.15) is 0 Å². The predicted molar refractivity (Wildman–Crippen MR) is 81.2 cm³/mol. The topological polar surface area (TPSA) is 35.5 Å². The molecule has 0 aromatic heterocycles. The number of carbonyl (C=O) groups excluding carboxylic acids is 1.